The van der Waals surface area contributed by atoms with Gasteiger partial charge in [-0.1, -0.05) is 6.07 Å². The molecule has 0 saturated carbocycles. The van der Waals surface area contributed by atoms with Crippen molar-refractivity contribution < 1.29 is 32.6 Å². The van der Waals surface area contributed by atoms with E-state index in [2.05, 4.69) is 15.4 Å². The van der Waals surface area contributed by atoms with Gasteiger partial charge in [0.1, 0.15) is 6.10 Å². The second kappa shape index (κ2) is 9.33. The monoisotopic (exact) mass is 406 g/mol. The highest BCUT2D eigenvalue weighted by atomic mass is 19.3. The first-order chi connectivity index (χ1) is 14.0. The summed E-state index contributed by atoms with van der Waals surface area (Å²) in [5.74, 6) is -0.824. The summed E-state index contributed by atoms with van der Waals surface area (Å²) in [6, 6.07) is 10.5. The summed E-state index contributed by atoms with van der Waals surface area (Å²) in [6.45, 7) is -2.47. The van der Waals surface area contributed by atoms with Gasteiger partial charge in [-0.25, -0.2) is 0 Å². The van der Waals surface area contributed by atoms with Crippen molar-refractivity contribution in [2.24, 2.45) is 0 Å². The predicted octanol–water partition coefficient (Wildman–Crippen LogP) is 3.67. The van der Waals surface area contributed by atoms with Crippen LogP contribution < -0.4 is 20.1 Å². The van der Waals surface area contributed by atoms with Gasteiger partial charge in [-0.05, 0) is 43.2 Å². The van der Waals surface area contributed by atoms with E-state index < -0.39 is 18.6 Å². The smallest absolute Gasteiger partial charge is 0.387 e. The molecular weight excluding hydrogens is 386 g/mol. The lowest BCUT2D eigenvalue weighted by molar-refractivity contribution is -0.124. The Labute approximate surface area is 165 Å². The van der Waals surface area contributed by atoms with Gasteiger partial charge in [0.05, 0.1) is 7.11 Å². The van der Waals surface area contributed by atoms with Crippen LogP contribution >= 0.6 is 0 Å². The average Bonchev–Trinajstić information content (AvgIpc) is 3.23. The van der Waals surface area contributed by atoms with Gasteiger partial charge in [0.15, 0.2) is 11.5 Å². The van der Waals surface area contributed by atoms with Gasteiger partial charge in [-0.2, -0.15) is 8.78 Å². The molecule has 2 N–H and O–H groups in total. The van der Waals surface area contributed by atoms with E-state index in [1.54, 1.807) is 18.2 Å². The number of carbonyl (C=O) groups is 2. The molecule has 1 atom stereocenters. The number of amides is 2. The molecule has 154 valence electrons. The number of hydrogen-bond acceptors (Lipinski definition) is 5. The first kappa shape index (κ1) is 20.5. The highest BCUT2D eigenvalue weighted by molar-refractivity contribution is 6.05. The van der Waals surface area contributed by atoms with Crippen LogP contribution in [0.2, 0.25) is 0 Å². The minimum Gasteiger partial charge on any atom is -0.493 e. The van der Waals surface area contributed by atoms with E-state index in [1.807, 2.05) is 0 Å². The van der Waals surface area contributed by atoms with E-state index in [1.165, 1.54) is 31.4 Å². The van der Waals surface area contributed by atoms with Crippen molar-refractivity contribution in [1.82, 2.24) is 0 Å². The maximum atomic E-state index is 12.5. The van der Waals surface area contributed by atoms with Crippen LogP contribution in [0.4, 0.5) is 20.2 Å². The van der Waals surface area contributed by atoms with Gasteiger partial charge in [0.2, 0.25) is 0 Å². The molecule has 3 rings (SSSR count). The zero-order chi connectivity index (χ0) is 20.8. The summed E-state index contributed by atoms with van der Waals surface area (Å²) < 4.78 is 39.8. The van der Waals surface area contributed by atoms with Crippen molar-refractivity contribution in [3.05, 3.63) is 48.0 Å². The number of methoxy groups -OCH3 is 1. The van der Waals surface area contributed by atoms with Gasteiger partial charge in [-0.3, -0.25) is 9.59 Å². The highest BCUT2D eigenvalue weighted by Crippen LogP contribution is 2.31. The molecular formula is C20H20F2N2O5. The standard InChI is InChI=1S/C20H20F2N2O5/c1-27-15-8-7-14(11-17(15)29-20(21)22)23-18(25)12-4-2-5-13(10-12)24-19(26)16-6-3-9-28-16/h2,4-5,7-8,10-11,16,20H,3,6,9H2,1H3,(H,23,25)(H,24,26). The fraction of sp³-hybridized carbons (Fsp3) is 0.300. The van der Waals surface area contributed by atoms with Gasteiger partial charge < -0.3 is 24.8 Å². The molecule has 1 heterocycles. The summed E-state index contributed by atoms with van der Waals surface area (Å²) >= 11 is 0. The average molecular weight is 406 g/mol. The number of alkyl halides is 2. The molecule has 2 aromatic carbocycles. The number of halogens is 2. The third-order valence-electron chi connectivity index (χ3n) is 4.25. The highest BCUT2D eigenvalue weighted by Gasteiger charge is 2.23. The third-order valence-corrected chi connectivity index (χ3v) is 4.25. The third kappa shape index (κ3) is 5.41. The Morgan fingerprint density at radius 2 is 1.90 bits per heavy atom. The van der Waals surface area contributed by atoms with Crippen LogP contribution in [0.25, 0.3) is 0 Å². The topological polar surface area (TPSA) is 85.9 Å². The molecule has 1 saturated heterocycles. The summed E-state index contributed by atoms with van der Waals surface area (Å²) in [6.07, 6.45) is 1.01. The molecule has 0 spiro atoms. The SMILES string of the molecule is COc1ccc(NC(=O)c2cccc(NC(=O)C3CCCO3)c2)cc1OC(F)F. The number of hydrogen-bond donors (Lipinski definition) is 2. The molecule has 7 nitrogen and oxygen atoms in total. The zero-order valence-corrected chi connectivity index (χ0v) is 15.6. The fourth-order valence-electron chi connectivity index (χ4n) is 2.89. The van der Waals surface area contributed by atoms with Crippen molar-refractivity contribution in [2.75, 3.05) is 24.4 Å². The molecule has 0 aromatic heterocycles. The number of rotatable bonds is 7. The normalized spacial score (nSPS) is 15.8. The maximum Gasteiger partial charge on any atom is 0.387 e. The van der Waals surface area contributed by atoms with Crippen molar-refractivity contribution in [1.29, 1.82) is 0 Å². The minimum absolute atomic E-state index is 0.113. The number of nitrogens with one attached hydrogen (secondary N) is 2. The maximum absolute atomic E-state index is 12.5. The quantitative estimate of drug-likeness (QED) is 0.733. The van der Waals surface area contributed by atoms with E-state index in [0.717, 1.165) is 6.42 Å². The number of benzene rings is 2. The summed E-state index contributed by atoms with van der Waals surface area (Å²) in [7, 11) is 1.32. The van der Waals surface area contributed by atoms with Crippen LogP contribution in [-0.2, 0) is 9.53 Å². The fourth-order valence-corrected chi connectivity index (χ4v) is 2.89. The lowest BCUT2D eigenvalue weighted by Crippen LogP contribution is -2.27. The zero-order valence-electron chi connectivity index (χ0n) is 15.6. The number of ether oxygens (including phenoxy) is 3. The summed E-state index contributed by atoms with van der Waals surface area (Å²) in [4.78, 5) is 24.7. The molecule has 1 fully saturated rings. The lowest BCUT2D eigenvalue weighted by atomic mass is 10.1. The Bertz CT molecular complexity index is 885. The molecule has 29 heavy (non-hydrogen) atoms. The number of anilines is 2. The second-order valence-corrected chi connectivity index (χ2v) is 6.27. The van der Waals surface area contributed by atoms with Crippen LogP contribution in [-0.4, -0.2) is 38.2 Å². The molecule has 1 aliphatic rings. The van der Waals surface area contributed by atoms with Gasteiger partial charge >= 0.3 is 6.61 Å². The molecule has 0 bridgehead atoms. The lowest BCUT2D eigenvalue weighted by Gasteiger charge is -2.13. The van der Waals surface area contributed by atoms with E-state index in [-0.39, 0.29) is 28.7 Å². The molecule has 2 aromatic rings. The van der Waals surface area contributed by atoms with Crippen LogP contribution in [0, 0.1) is 0 Å². The number of carbonyl (C=O) groups excluding carboxylic acids is 2. The van der Waals surface area contributed by atoms with Gasteiger partial charge in [0, 0.05) is 29.6 Å². The molecule has 0 aliphatic carbocycles. The van der Waals surface area contributed by atoms with E-state index >= 15 is 0 Å². The van der Waals surface area contributed by atoms with Crippen molar-refractivity contribution in [2.45, 2.75) is 25.6 Å². The second-order valence-electron chi connectivity index (χ2n) is 6.27. The Balaban J connectivity index is 1.70. The molecule has 9 heteroatoms. The molecule has 1 unspecified atom stereocenters. The van der Waals surface area contributed by atoms with Crippen molar-refractivity contribution in [3.63, 3.8) is 0 Å². The van der Waals surface area contributed by atoms with Crippen LogP contribution in [0.1, 0.15) is 23.2 Å². The Kier molecular flexibility index (Phi) is 6.61. The van der Waals surface area contributed by atoms with Crippen molar-refractivity contribution in [3.8, 4) is 11.5 Å². The first-order valence-corrected chi connectivity index (χ1v) is 8.93. The molecule has 0 radical (unpaired) electrons. The Morgan fingerprint density at radius 1 is 1.10 bits per heavy atom. The Hall–Kier alpha value is -3.20. The molecule has 2 amide bonds. The first-order valence-electron chi connectivity index (χ1n) is 8.93. The van der Waals surface area contributed by atoms with E-state index in [4.69, 9.17) is 9.47 Å². The molecule has 1 aliphatic heterocycles. The predicted molar refractivity (Wildman–Crippen MR) is 102 cm³/mol. The van der Waals surface area contributed by atoms with E-state index in [9.17, 15) is 18.4 Å². The van der Waals surface area contributed by atoms with Crippen LogP contribution in [0.15, 0.2) is 42.5 Å². The Morgan fingerprint density at radius 3 is 2.59 bits per heavy atom. The van der Waals surface area contributed by atoms with Crippen LogP contribution in [0.5, 0.6) is 11.5 Å². The largest absolute Gasteiger partial charge is 0.493 e. The van der Waals surface area contributed by atoms with Gasteiger partial charge in [-0.15, -0.1) is 0 Å². The van der Waals surface area contributed by atoms with Crippen molar-refractivity contribution >= 4 is 23.2 Å². The minimum atomic E-state index is -3.03. The summed E-state index contributed by atoms with van der Waals surface area (Å²) in [5.41, 5.74) is 0.983. The van der Waals surface area contributed by atoms with Gasteiger partial charge in [0.25, 0.3) is 11.8 Å². The van der Waals surface area contributed by atoms with E-state index in [0.29, 0.717) is 18.7 Å². The summed E-state index contributed by atoms with van der Waals surface area (Å²) in [5, 5.41) is 5.33. The van der Waals surface area contributed by atoms with Crippen LogP contribution in [0.3, 0.4) is 0 Å².